The summed E-state index contributed by atoms with van der Waals surface area (Å²) in [6, 6.07) is 10.0. The minimum atomic E-state index is -0.273. The second-order valence-electron chi connectivity index (χ2n) is 5.07. The number of allylic oxidation sites excluding steroid dienone is 1. The number of aryl methyl sites for hydroxylation is 2. The highest BCUT2D eigenvalue weighted by atomic mass is 79.9. The number of hydrogen-bond acceptors (Lipinski definition) is 4. The van der Waals surface area contributed by atoms with Crippen molar-refractivity contribution in [3.8, 4) is 11.9 Å². The zero-order valence-electron chi connectivity index (χ0n) is 12.3. The van der Waals surface area contributed by atoms with Crippen LogP contribution in [0, 0.1) is 18.3 Å². The van der Waals surface area contributed by atoms with Crippen LogP contribution in [0.15, 0.2) is 40.2 Å². The number of ether oxygens (including phenoxy) is 1. The van der Waals surface area contributed by atoms with Gasteiger partial charge in [0, 0.05) is 11.0 Å². The fourth-order valence-electron chi connectivity index (χ4n) is 2.81. The average Bonchev–Trinajstić information content (AvgIpc) is 2.82. The highest BCUT2D eigenvalue weighted by molar-refractivity contribution is 9.10. The number of benzene rings is 1. The van der Waals surface area contributed by atoms with Crippen molar-refractivity contribution in [3.63, 3.8) is 0 Å². The lowest BCUT2D eigenvalue weighted by Crippen LogP contribution is -2.22. The Kier molecular flexibility index (Phi) is 3.67. The van der Waals surface area contributed by atoms with Gasteiger partial charge in [0.15, 0.2) is 0 Å². The number of rotatable bonds is 2. The van der Waals surface area contributed by atoms with Crippen molar-refractivity contribution in [1.82, 2.24) is 9.78 Å². The van der Waals surface area contributed by atoms with Crippen LogP contribution in [0.5, 0.6) is 5.88 Å². The quantitative estimate of drug-likeness (QED) is 0.893. The number of halogens is 1. The van der Waals surface area contributed by atoms with Crippen molar-refractivity contribution in [2.75, 3.05) is 0 Å². The predicted octanol–water partition coefficient (Wildman–Crippen LogP) is 3.19. The standard InChI is InChI=1S/C16H15BrN4O/c1-3-21-16-13(9(2)20-21)14(11(8-18)15(19)22-16)10-6-4-5-7-12(10)17/h4-7,14H,3,19H2,1-2H3/t14-/m0/s1. The summed E-state index contributed by atoms with van der Waals surface area (Å²) in [6.07, 6.45) is 0. The van der Waals surface area contributed by atoms with Crippen LogP contribution in [-0.4, -0.2) is 9.78 Å². The van der Waals surface area contributed by atoms with Crippen molar-refractivity contribution >= 4 is 15.9 Å². The number of fused-ring (bicyclic) bond motifs is 1. The molecule has 22 heavy (non-hydrogen) atoms. The Hall–Kier alpha value is -2.26. The molecule has 5 nitrogen and oxygen atoms in total. The van der Waals surface area contributed by atoms with E-state index in [0.29, 0.717) is 18.0 Å². The molecule has 3 rings (SSSR count). The summed E-state index contributed by atoms with van der Waals surface area (Å²) >= 11 is 3.57. The lowest BCUT2D eigenvalue weighted by molar-refractivity contribution is 0.350. The van der Waals surface area contributed by atoms with E-state index >= 15 is 0 Å². The van der Waals surface area contributed by atoms with Gasteiger partial charge < -0.3 is 10.5 Å². The van der Waals surface area contributed by atoms with Gasteiger partial charge in [0.05, 0.1) is 17.2 Å². The zero-order valence-corrected chi connectivity index (χ0v) is 13.9. The molecule has 0 saturated heterocycles. The van der Waals surface area contributed by atoms with Crippen LogP contribution in [0.2, 0.25) is 0 Å². The summed E-state index contributed by atoms with van der Waals surface area (Å²) in [5.74, 6) is 0.493. The molecule has 0 spiro atoms. The maximum atomic E-state index is 9.55. The Balaban J connectivity index is 2.30. The molecular weight excluding hydrogens is 344 g/mol. The fourth-order valence-corrected chi connectivity index (χ4v) is 3.33. The van der Waals surface area contributed by atoms with E-state index in [1.165, 1.54) is 0 Å². The molecule has 1 aromatic carbocycles. The van der Waals surface area contributed by atoms with Crippen LogP contribution >= 0.6 is 15.9 Å². The molecule has 1 atom stereocenters. The van der Waals surface area contributed by atoms with Crippen molar-refractivity contribution in [1.29, 1.82) is 5.26 Å². The molecular formula is C16H15BrN4O. The molecule has 112 valence electrons. The third-order valence-corrected chi connectivity index (χ3v) is 4.53. The van der Waals surface area contributed by atoms with Gasteiger partial charge in [0.25, 0.3) is 0 Å². The molecule has 2 aromatic rings. The Bertz CT molecular complexity index is 816. The van der Waals surface area contributed by atoms with E-state index in [2.05, 4.69) is 27.1 Å². The molecule has 1 aromatic heterocycles. The average molecular weight is 359 g/mol. The van der Waals surface area contributed by atoms with E-state index in [9.17, 15) is 5.26 Å². The van der Waals surface area contributed by atoms with Crippen LogP contribution in [0.25, 0.3) is 0 Å². The van der Waals surface area contributed by atoms with E-state index < -0.39 is 0 Å². The number of aromatic nitrogens is 2. The predicted molar refractivity (Wildman–Crippen MR) is 86.1 cm³/mol. The summed E-state index contributed by atoms with van der Waals surface area (Å²) in [5, 5.41) is 14.1. The lowest BCUT2D eigenvalue weighted by Gasteiger charge is -2.25. The van der Waals surface area contributed by atoms with E-state index in [1.54, 1.807) is 4.68 Å². The number of hydrogen-bond donors (Lipinski definition) is 1. The molecule has 0 unspecified atom stereocenters. The van der Waals surface area contributed by atoms with Crippen molar-refractivity contribution < 1.29 is 4.74 Å². The van der Waals surface area contributed by atoms with Gasteiger partial charge in [-0.3, -0.25) is 0 Å². The van der Waals surface area contributed by atoms with Crippen molar-refractivity contribution in [3.05, 3.63) is 57.0 Å². The van der Waals surface area contributed by atoms with Gasteiger partial charge in [0.1, 0.15) is 11.6 Å². The second-order valence-corrected chi connectivity index (χ2v) is 5.92. The Morgan fingerprint density at radius 1 is 1.45 bits per heavy atom. The highest BCUT2D eigenvalue weighted by Gasteiger charge is 2.36. The molecule has 0 fully saturated rings. The monoisotopic (exact) mass is 358 g/mol. The molecule has 2 N–H and O–H groups in total. The molecule has 1 aliphatic rings. The van der Waals surface area contributed by atoms with Crippen LogP contribution < -0.4 is 10.5 Å². The largest absolute Gasteiger partial charge is 0.422 e. The van der Waals surface area contributed by atoms with Crippen molar-refractivity contribution in [2.45, 2.75) is 26.3 Å². The smallest absolute Gasteiger partial charge is 0.224 e. The third-order valence-electron chi connectivity index (χ3n) is 3.81. The van der Waals surface area contributed by atoms with Gasteiger partial charge in [-0.05, 0) is 25.5 Å². The first kappa shape index (κ1) is 14.7. The van der Waals surface area contributed by atoms with Gasteiger partial charge in [-0.2, -0.15) is 10.4 Å². The van der Waals surface area contributed by atoms with E-state index in [1.807, 2.05) is 38.1 Å². The SMILES string of the molecule is CCn1nc(C)c2c1OC(N)=C(C#N)[C@@H]2c1ccccc1Br. The molecule has 0 radical (unpaired) electrons. The first-order valence-electron chi connectivity index (χ1n) is 6.97. The highest BCUT2D eigenvalue weighted by Crippen LogP contribution is 2.45. The fraction of sp³-hybridized carbons (Fsp3) is 0.250. The van der Waals surface area contributed by atoms with E-state index in [4.69, 9.17) is 10.5 Å². The summed E-state index contributed by atoms with van der Waals surface area (Å²) in [4.78, 5) is 0. The van der Waals surface area contributed by atoms with Gasteiger partial charge >= 0.3 is 0 Å². The third kappa shape index (κ3) is 2.09. The molecule has 6 heteroatoms. The minimum Gasteiger partial charge on any atom is -0.422 e. The Labute approximate surface area is 137 Å². The molecule has 0 aliphatic carbocycles. The van der Waals surface area contributed by atoms with Gasteiger partial charge in [-0.25, -0.2) is 4.68 Å². The van der Waals surface area contributed by atoms with E-state index in [0.717, 1.165) is 21.3 Å². The molecule has 1 aliphatic heterocycles. The lowest BCUT2D eigenvalue weighted by atomic mass is 9.84. The summed E-state index contributed by atoms with van der Waals surface area (Å²) in [5.41, 5.74) is 9.13. The molecule has 0 amide bonds. The van der Waals surface area contributed by atoms with Crippen LogP contribution in [0.3, 0.4) is 0 Å². The summed E-state index contributed by atoms with van der Waals surface area (Å²) in [6.45, 7) is 4.59. The summed E-state index contributed by atoms with van der Waals surface area (Å²) in [7, 11) is 0. The maximum Gasteiger partial charge on any atom is 0.224 e. The number of nitrogens with two attached hydrogens (primary N) is 1. The summed E-state index contributed by atoms with van der Waals surface area (Å²) < 4.78 is 8.39. The van der Waals surface area contributed by atoms with E-state index in [-0.39, 0.29) is 11.8 Å². The molecule has 0 bridgehead atoms. The minimum absolute atomic E-state index is 0.144. The molecule has 2 heterocycles. The van der Waals surface area contributed by atoms with Crippen molar-refractivity contribution in [2.24, 2.45) is 5.73 Å². The van der Waals surface area contributed by atoms with Crippen LogP contribution in [0.1, 0.15) is 29.7 Å². The first-order chi connectivity index (χ1) is 10.6. The number of nitrogens with zero attached hydrogens (tertiary/aromatic N) is 3. The van der Waals surface area contributed by atoms with Gasteiger partial charge in [-0.1, -0.05) is 34.1 Å². The Morgan fingerprint density at radius 3 is 2.82 bits per heavy atom. The topological polar surface area (TPSA) is 76.9 Å². The Morgan fingerprint density at radius 2 is 2.18 bits per heavy atom. The second kappa shape index (κ2) is 5.50. The number of nitriles is 1. The zero-order chi connectivity index (χ0) is 15.9. The maximum absolute atomic E-state index is 9.55. The molecule has 0 saturated carbocycles. The normalized spacial score (nSPS) is 16.9. The van der Waals surface area contributed by atoms with Gasteiger partial charge in [0.2, 0.25) is 11.8 Å². The van der Waals surface area contributed by atoms with Gasteiger partial charge in [-0.15, -0.1) is 0 Å². The van der Waals surface area contributed by atoms with Crippen LogP contribution in [0.4, 0.5) is 0 Å². The van der Waals surface area contributed by atoms with Crippen LogP contribution in [-0.2, 0) is 6.54 Å². The first-order valence-corrected chi connectivity index (χ1v) is 7.77.